The summed E-state index contributed by atoms with van der Waals surface area (Å²) in [5.41, 5.74) is -3.88. The smallest absolute Gasteiger partial charge is 0.406 e. The highest BCUT2D eigenvalue weighted by atomic mass is 19.4. The topological polar surface area (TPSA) is 81.1 Å². The van der Waals surface area contributed by atoms with E-state index in [-0.39, 0.29) is 13.2 Å². The summed E-state index contributed by atoms with van der Waals surface area (Å²) in [5.74, 6) is -1.98. The maximum atomic E-state index is 13.0. The number of rotatable bonds is 3. The number of likely N-dealkylation sites (N-methyl/N-ethyl adjacent to an activating group) is 1. The van der Waals surface area contributed by atoms with Gasteiger partial charge in [0, 0.05) is 20.1 Å². The molecule has 1 unspecified atom stereocenters. The van der Waals surface area contributed by atoms with E-state index in [0.29, 0.717) is 0 Å². The van der Waals surface area contributed by atoms with Gasteiger partial charge in [0.1, 0.15) is 0 Å². The molecule has 1 aliphatic heterocycles. The summed E-state index contributed by atoms with van der Waals surface area (Å²) in [4.78, 5) is 25.2. The second-order valence-corrected chi connectivity index (χ2v) is 5.87. The van der Waals surface area contributed by atoms with E-state index in [0.717, 1.165) is 9.80 Å². The maximum absolute atomic E-state index is 13.0. The molecule has 21 heavy (non-hydrogen) atoms. The van der Waals surface area contributed by atoms with Gasteiger partial charge in [0.05, 0.1) is 12.1 Å². The summed E-state index contributed by atoms with van der Waals surface area (Å²) in [6, 6.07) is -0.735. The zero-order valence-electron chi connectivity index (χ0n) is 12.1. The maximum Gasteiger partial charge on any atom is 0.406 e. The van der Waals surface area contributed by atoms with Crippen LogP contribution < -0.4 is 0 Å². The number of urea groups is 1. The molecule has 0 spiro atoms. The van der Waals surface area contributed by atoms with Gasteiger partial charge in [0.2, 0.25) is 0 Å². The lowest BCUT2D eigenvalue weighted by Crippen LogP contribution is -2.54. The number of aliphatic carboxylic acids is 1. The number of carbonyl (C=O) groups is 2. The minimum atomic E-state index is -4.93. The van der Waals surface area contributed by atoms with Crippen molar-refractivity contribution >= 4 is 12.0 Å². The number of carboxylic acids is 1. The summed E-state index contributed by atoms with van der Waals surface area (Å²) >= 11 is 0. The van der Waals surface area contributed by atoms with Gasteiger partial charge in [-0.2, -0.15) is 13.2 Å². The van der Waals surface area contributed by atoms with Crippen LogP contribution in [-0.4, -0.2) is 70.5 Å². The van der Waals surface area contributed by atoms with E-state index in [2.05, 4.69) is 0 Å². The third-order valence-electron chi connectivity index (χ3n) is 4.07. The van der Waals surface area contributed by atoms with E-state index in [4.69, 9.17) is 5.11 Å². The Morgan fingerprint density at radius 2 is 1.86 bits per heavy atom. The molecule has 2 amide bonds. The highest BCUT2D eigenvalue weighted by Crippen LogP contribution is 2.46. The molecule has 1 saturated heterocycles. The van der Waals surface area contributed by atoms with Gasteiger partial charge in [0.25, 0.3) is 0 Å². The summed E-state index contributed by atoms with van der Waals surface area (Å²) in [7, 11) is 1.35. The number of likely N-dealkylation sites (tertiary alicyclic amines) is 1. The number of aliphatic hydroxyl groups is 1. The molecule has 1 rings (SSSR count). The van der Waals surface area contributed by atoms with Gasteiger partial charge >= 0.3 is 18.2 Å². The zero-order valence-corrected chi connectivity index (χ0v) is 12.1. The average Bonchev–Trinajstić information content (AvgIpc) is 2.82. The zero-order chi connectivity index (χ0) is 16.6. The molecule has 0 saturated carbocycles. The van der Waals surface area contributed by atoms with Crippen molar-refractivity contribution in [2.75, 3.05) is 26.7 Å². The molecule has 0 bridgehead atoms. The van der Waals surface area contributed by atoms with Crippen molar-refractivity contribution in [3.8, 4) is 0 Å². The van der Waals surface area contributed by atoms with Crippen LogP contribution in [0.5, 0.6) is 0 Å². The molecule has 0 aromatic rings. The second kappa shape index (κ2) is 5.36. The molecule has 0 aromatic heterocycles. The third-order valence-corrected chi connectivity index (χ3v) is 4.07. The van der Waals surface area contributed by atoms with Crippen molar-refractivity contribution < 1.29 is 33.0 Å². The van der Waals surface area contributed by atoms with Crippen LogP contribution in [0.25, 0.3) is 0 Å². The highest BCUT2D eigenvalue weighted by molar-refractivity contribution is 5.80. The Morgan fingerprint density at radius 3 is 2.19 bits per heavy atom. The molecule has 1 atom stereocenters. The number of halogens is 3. The molecule has 0 radical (unpaired) electrons. The fourth-order valence-electron chi connectivity index (χ4n) is 2.08. The van der Waals surface area contributed by atoms with Crippen LogP contribution in [0, 0.1) is 5.41 Å². The van der Waals surface area contributed by atoms with Gasteiger partial charge in [-0.25, -0.2) is 4.79 Å². The van der Waals surface area contributed by atoms with Crippen molar-refractivity contribution in [3.63, 3.8) is 0 Å². The van der Waals surface area contributed by atoms with Gasteiger partial charge < -0.3 is 20.0 Å². The molecule has 6 nitrogen and oxygen atoms in total. The molecule has 1 fully saturated rings. The largest absolute Gasteiger partial charge is 0.481 e. The van der Waals surface area contributed by atoms with Crippen LogP contribution >= 0.6 is 0 Å². The minimum absolute atomic E-state index is 0.295. The summed E-state index contributed by atoms with van der Waals surface area (Å²) < 4.78 is 39.1. The fraction of sp³-hybridized carbons (Fsp3) is 0.833. The summed E-state index contributed by atoms with van der Waals surface area (Å²) in [6.07, 6.45) is -5.61. The van der Waals surface area contributed by atoms with Crippen LogP contribution in [0.4, 0.5) is 18.0 Å². The van der Waals surface area contributed by atoms with Crippen LogP contribution in [0.15, 0.2) is 0 Å². The van der Waals surface area contributed by atoms with E-state index in [9.17, 15) is 27.9 Å². The molecule has 0 aliphatic carbocycles. The van der Waals surface area contributed by atoms with Gasteiger partial charge in [0.15, 0.2) is 5.41 Å². The lowest BCUT2D eigenvalue weighted by molar-refractivity contribution is -0.227. The molecular formula is C12H19F3N2O4. The van der Waals surface area contributed by atoms with E-state index in [1.165, 1.54) is 7.05 Å². The predicted molar refractivity (Wildman–Crippen MR) is 66.6 cm³/mol. The summed E-state index contributed by atoms with van der Waals surface area (Å²) in [6.45, 7) is 1.52. The first-order valence-corrected chi connectivity index (χ1v) is 6.33. The molecule has 0 aromatic carbocycles. The van der Waals surface area contributed by atoms with Gasteiger partial charge in [-0.1, -0.05) is 0 Å². The SMILES string of the molecule is CN(C(=O)N1CCC(C(=O)O)(C(F)(F)F)C1)C(C)(C)CO. The quantitative estimate of drug-likeness (QED) is 0.819. The number of alkyl halides is 3. The highest BCUT2D eigenvalue weighted by Gasteiger charge is 2.64. The van der Waals surface area contributed by atoms with E-state index >= 15 is 0 Å². The molecule has 1 aliphatic rings. The number of hydrogen-bond acceptors (Lipinski definition) is 3. The Labute approximate surface area is 120 Å². The van der Waals surface area contributed by atoms with Gasteiger partial charge in [-0.3, -0.25) is 4.79 Å². The number of nitrogens with zero attached hydrogens (tertiary/aromatic N) is 2. The third kappa shape index (κ3) is 2.92. The van der Waals surface area contributed by atoms with Crippen LogP contribution in [-0.2, 0) is 4.79 Å². The first kappa shape index (κ1) is 17.5. The van der Waals surface area contributed by atoms with Crippen molar-refractivity contribution in [2.45, 2.75) is 32.0 Å². The number of amides is 2. The van der Waals surface area contributed by atoms with E-state index in [1.807, 2.05) is 0 Å². The average molecular weight is 312 g/mol. The fourth-order valence-corrected chi connectivity index (χ4v) is 2.08. The van der Waals surface area contributed by atoms with Gasteiger partial charge in [-0.05, 0) is 20.3 Å². The first-order chi connectivity index (χ1) is 9.39. The van der Waals surface area contributed by atoms with Crippen molar-refractivity contribution in [3.05, 3.63) is 0 Å². The molecule has 122 valence electrons. The van der Waals surface area contributed by atoms with Crippen molar-refractivity contribution in [1.29, 1.82) is 0 Å². The van der Waals surface area contributed by atoms with Crippen LogP contribution in [0.1, 0.15) is 20.3 Å². The normalized spacial score (nSPS) is 23.3. The molecule has 2 N–H and O–H groups in total. The Morgan fingerprint density at radius 1 is 1.33 bits per heavy atom. The standard InChI is InChI=1S/C12H19F3N2O4/c1-10(2,7-18)16(3)9(21)17-5-4-11(6-17,8(19)20)12(13,14)15/h18H,4-7H2,1-3H3,(H,19,20). The number of carboxylic acid groups (broad SMARTS) is 1. The lowest BCUT2D eigenvalue weighted by atomic mass is 9.86. The Kier molecular flexibility index (Phi) is 4.48. The molecule has 9 heteroatoms. The number of hydrogen-bond donors (Lipinski definition) is 2. The molecule has 1 heterocycles. The predicted octanol–water partition coefficient (Wildman–Crippen LogP) is 1.15. The monoisotopic (exact) mass is 312 g/mol. The van der Waals surface area contributed by atoms with Gasteiger partial charge in [-0.15, -0.1) is 0 Å². The summed E-state index contributed by atoms with van der Waals surface area (Å²) in [5, 5.41) is 18.1. The Bertz CT molecular complexity index is 439. The van der Waals surface area contributed by atoms with Crippen LogP contribution in [0.3, 0.4) is 0 Å². The Hall–Kier alpha value is -1.51. The second-order valence-electron chi connectivity index (χ2n) is 5.87. The first-order valence-electron chi connectivity index (χ1n) is 6.33. The van der Waals surface area contributed by atoms with Crippen molar-refractivity contribution in [2.24, 2.45) is 5.41 Å². The number of carbonyl (C=O) groups excluding carboxylic acids is 1. The minimum Gasteiger partial charge on any atom is -0.481 e. The van der Waals surface area contributed by atoms with Crippen LogP contribution in [0.2, 0.25) is 0 Å². The van der Waals surface area contributed by atoms with Crippen molar-refractivity contribution in [1.82, 2.24) is 9.80 Å². The Balaban J connectivity index is 2.96. The van der Waals surface area contributed by atoms with E-state index in [1.54, 1.807) is 13.8 Å². The molecular weight excluding hydrogens is 293 g/mol. The van der Waals surface area contributed by atoms with E-state index < -0.39 is 42.1 Å². The lowest BCUT2D eigenvalue weighted by Gasteiger charge is -2.37. The number of aliphatic hydroxyl groups excluding tert-OH is 1.